The van der Waals surface area contributed by atoms with E-state index in [0.29, 0.717) is 16.1 Å². The van der Waals surface area contributed by atoms with Crippen LogP contribution in [0.1, 0.15) is 5.56 Å². The number of fused-ring (bicyclic) bond motifs is 1. The number of amides is 1. The van der Waals surface area contributed by atoms with Gasteiger partial charge in [-0.15, -0.1) is 11.3 Å². The molecule has 0 unspecified atom stereocenters. The molecule has 0 saturated heterocycles. The maximum atomic E-state index is 13.0. The topological polar surface area (TPSA) is 64.0 Å². The number of nitrogens with zero attached hydrogens (tertiary/aromatic N) is 2. The summed E-state index contributed by atoms with van der Waals surface area (Å²) in [7, 11) is 0. The quantitative estimate of drug-likeness (QED) is 0.585. The fourth-order valence-corrected chi connectivity index (χ4v) is 3.60. The molecule has 2 aromatic heterocycles. The molecule has 1 amide bonds. The maximum Gasteiger partial charge on any atom is 0.246 e. The van der Waals surface area contributed by atoms with Crippen molar-refractivity contribution in [2.24, 2.45) is 0 Å². The minimum atomic E-state index is -0.185. The average Bonchev–Trinajstić information content (AvgIpc) is 3.17. The summed E-state index contributed by atoms with van der Waals surface area (Å²) in [5.41, 5.74) is 3.15. The molecule has 6 heteroatoms. The van der Waals surface area contributed by atoms with Gasteiger partial charge in [0.05, 0.1) is 5.52 Å². The summed E-state index contributed by atoms with van der Waals surface area (Å²) in [6.07, 6.45) is 3.41. The molecule has 4 aromatic rings. The van der Waals surface area contributed by atoms with Crippen molar-refractivity contribution in [3.8, 4) is 11.1 Å². The number of carbonyl (C=O) groups is 1. The molecule has 1 N–H and O–H groups in total. The van der Waals surface area contributed by atoms with Crippen molar-refractivity contribution >= 4 is 33.3 Å². The van der Waals surface area contributed by atoms with E-state index in [1.807, 2.05) is 60.0 Å². The van der Waals surface area contributed by atoms with Gasteiger partial charge in [-0.1, -0.05) is 36.4 Å². The van der Waals surface area contributed by atoms with Crippen molar-refractivity contribution in [3.05, 3.63) is 82.1 Å². The Balaban J connectivity index is 1.82. The number of aryl methyl sites for hydroxylation is 1. The average molecular weight is 375 g/mol. The molecule has 0 aliphatic rings. The summed E-state index contributed by atoms with van der Waals surface area (Å²) in [5, 5.41) is 5.76. The van der Waals surface area contributed by atoms with Crippen LogP contribution in [0.5, 0.6) is 0 Å². The zero-order valence-corrected chi connectivity index (χ0v) is 15.5. The van der Waals surface area contributed by atoms with Gasteiger partial charge in [0.15, 0.2) is 10.6 Å². The first-order valence-electron chi connectivity index (χ1n) is 8.50. The van der Waals surface area contributed by atoms with Crippen molar-refractivity contribution in [1.29, 1.82) is 0 Å². The second kappa shape index (κ2) is 7.17. The molecular formula is C21H17N3O2S. The van der Waals surface area contributed by atoms with E-state index in [0.717, 1.165) is 16.6 Å². The second-order valence-electron chi connectivity index (χ2n) is 6.27. The van der Waals surface area contributed by atoms with Crippen LogP contribution in [0.15, 0.2) is 71.1 Å². The Morgan fingerprint density at radius 1 is 1.19 bits per heavy atom. The fraction of sp³-hybridized carbons (Fsp3) is 0.0952. The fourth-order valence-electron chi connectivity index (χ4n) is 3.05. The Hall–Kier alpha value is -3.25. The highest BCUT2D eigenvalue weighted by atomic mass is 32.1. The number of hydrogen-bond acceptors (Lipinski definition) is 4. The molecule has 0 saturated carbocycles. The van der Waals surface area contributed by atoms with E-state index in [4.69, 9.17) is 0 Å². The van der Waals surface area contributed by atoms with Crippen LogP contribution < -0.4 is 10.7 Å². The van der Waals surface area contributed by atoms with Crippen LogP contribution in [-0.2, 0) is 11.3 Å². The Kier molecular flexibility index (Phi) is 4.56. The van der Waals surface area contributed by atoms with Crippen molar-refractivity contribution in [1.82, 2.24) is 9.55 Å². The predicted octanol–water partition coefficient (Wildman–Crippen LogP) is 4.07. The normalized spacial score (nSPS) is 10.9. The summed E-state index contributed by atoms with van der Waals surface area (Å²) in [6, 6.07) is 15.2. The molecule has 0 aliphatic carbocycles. The smallest absolute Gasteiger partial charge is 0.246 e. The van der Waals surface area contributed by atoms with Gasteiger partial charge in [0.1, 0.15) is 6.54 Å². The lowest BCUT2D eigenvalue weighted by molar-refractivity contribution is -0.116. The SMILES string of the molecule is Cc1ccc2c(=O)c(-c3ccccc3)cn(CC(=O)Nc3nccs3)c2c1. The molecule has 5 nitrogen and oxygen atoms in total. The summed E-state index contributed by atoms with van der Waals surface area (Å²) >= 11 is 1.37. The van der Waals surface area contributed by atoms with Crippen LogP contribution in [0.25, 0.3) is 22.0 Å². The third-order valence-corrected chi connectivity index (χ3v) is 5.00. The summed E-state index contributed by atoms with van der Waals surface area (Å²) in [6.45, 7) is 2.06. The molecule has 0 aliphatic heterocycles. The van der Waals surface area contributed by atoms with Crippen LogP contribution in [0.3, 0.4) is 0 Å². The Morgan fingerprint density at radius 3 is 2.74 bits per heavy atom. The summed E-state index contributed by atoms with van der Waals surface area (Å²) in [5.74, 6) is -0.185. The number of nitrogens with one attached hydrogen (secondary N) is 1. The molecule has 4 rings (SSSR count). The number of hydrogen-bond donors (Lipinski definition) is 1. The van der Waals surface area contributed by atoms with Gasteiger partial charge in [0, 0.05) is 28.7 Å². The molecule has 0 atom stereocenters. The molecule has 2 heterocycles. The van der Waals surface area contributed by atoms with Gasteiger partial charge in [-0.25, -0.2) is 4.98 Å². The number of carbonyl (C=O) groups excluding carboxylic acids is 1. The highest BCUT2D eigenvalue weighted by Gasteiger charge is 2.13. The third-order valence-electron chi connectivity index (χ3n) is 4.31. The number of pyridine rings is 1. The van der Waals surface area contributed by atoms with Crippen molar-refractivity contribution in [2.45, 2.75) is 13.5 Å². The molecule has 2 aromatic carbocycles. The lowest BCUT2D eigenvalue weighted by Crippen LogP contribution is -2.21. The number of thiazole rings is 1. The first kappa shape index (κ1) is 17.2. The lowest BCUT2D eigenvalue weighted by atomic mass is 10.0. The lowest BCUT2D eigenvalue weighted by Gasteiger charge is -2.14. The van der Waals surface area contributed by atoms with Gasteiger partial charge < -0.3 is 9.88 Å². The van der Waals surface area contributed by atoms with Crippen LogP contribution in [0, 0.1) is 6.92 Å². The van der Waals surface area contributed by atoms with E-state index in [1.54, 1.807) is 17.8 Å². The van der Waals surface area contributed by atoms with Crippen molar-refractivity contribution < 1.29 is 4.79 Å². The second-order valence-corrected chi connectivity index (χ2v) is 7.17. The first-order valence-corrected chi connectivity index (χ1v) is 9.38. The zero-order valence-electron chi connectivity index (χ0n) is 14.7. The molecule has 134 valence electrons. The van der Waals surface area contributed by atoms with Crippen LogP contribution in [0.4, 0.5) is 5.13 Å². The van der Waals surface area contributed by atoms with Crippen molar-refractivity contribution in [3.63, 3.8) is 0 Å². The molecule has 27 heavy (non-hydrogen) atoms. The number of aromatic nitrogens is 2. The van der Waals surface area contributed by atoms with Crippen molar-refractivity contribution in [2.75, 3.05) is 5.32 Å². The predicted molar refractivity (Wildman–Crippen MR) is 109 cm³/mol. The van der Waals surface area contributed by atoms with Gasteiger partial charge in [0.25, 0.3) is 0 Å². The highest BCUT2D eigenvalue weighted by molar-refractivity contribution is 7.13. The third kappa shape index (κ3) is 3.52. The molecule has 0 bridgehead atoms. The van der Waals surface area contributed by atoms with E-state index in [9.17, 15) is 9.59 Å². The largest absolute Gasteiger partial charge is 0.337 e. The highest BCUT2D eigenvalue weighted by Crippen LogP contribution is 2.21. The van der Waals surface area contributed by atoms with Crippen LogP contribution in [-0.4, -0.2) is 15.5 Å². The number of rotatable bonds is 4. The Bertz CT molecular complexity index is 1170. The van der Waals surface area contributed by atoms with E-state index >= 15 is 0 Å². The van der Waals surface area contributed by atoms with E-state index < -0.39 is 0 Å². The Labute approximate surface area is 159 Å². The number of anilines is 1. The monoisotopic (exact) mass is 375 g/mol. The zero-order chi connectivity index (χ0) is 18.8. The molecular weight excluding hydrogens is 358 g/mol. The van der Waals surface area contributed by atoms with E-state index in [2.05, 4.69) is 10.3 Å². The Morgan fingerprint density at radius 2 is 2.00 bits per heavy atom. The van der Waals surface area contributed by atoms with Gasteiger partial charge in [0.2, 0.25) is 5.91 Å². The molecule has 0 fully saturated rings. The minimum Gasteiger partial charge on any atom is -0.337 e. The van der Waals surface area contributed by atoms with Crippen LogP contribution in [0.2, 0.25) is 0 Å². The van der Waals surface area contributed by atoms with E-state index in [1.165, 1.54) is 11.3 Å². The van der Waals surface area contributed by atoms with Gasteiger partial charge in [-0.2, -0.15) is 0 Å². The summed E-state index contributed by atoms with van der Waals surface area (Å²) < 4.78 is 1.83. The first-order chi connectivity index (χ1) is 13.1. The van der Waals surface area contributed by atoms with Gasteiger partial charge >= 0.3 is 0 Å². The molecule has 0 spiro atoms. The maximum absolute atomic E-state index is 13.0. The molecule has 0 radical (unpaired) electrons. The minimum absolute atomic E-state index is 0.0345. The van der Waals surface area contributed by atoms with Gasteiger partial charge in [-0.05, 0) is 30.2 Å². The van der Waals surface area contributed by atoms with Crippen LogP contribution >= 0.6 is 11.3 Å². The summed E-state index contributed by atoms with van der Waals surface area (Å²) in [4.78, 5) is 29.6. The standard InChI is InChI=1S/C21H17N3O2S/c1-14-7-8-16-18(11-14)24(13-19(25)23-21-22-9-10-27-21)12-17(20(16)26)15-5-3-2-4-6-15/h2-12H,13H2,1H3,(H,22,23,25). The van der Waals surface area contributed by atoms with E-state index in [-0.39, 0.29) is 17.9 Å². The van der Waals surface area contributed by atoms with Gasteiger partial charge in [-0.3, -0.25) is 9.59 Å². The number of benzene rings is 2.